The number of aryl methyl sites for hydroxylation is 2. The zero-order valence-electron chi connectivity index (χ0n) is 28.2. The number of carbonyl (C=O) groups excluding carboxylic acids is 4. The normalized spacial score (nSPS) is 22.0. The standard InChI is InChI=1S/C35H46N4O8S2/c1-19-11-23(41)12-20(2)24(19)13-25(36)30(43)38-27-18-48-9-10-49-34(3,4)29(31(44)37-26(17-40)32(45)46)39-33(47)35(16-28(27)42)14-21-7-5-6-8-22(21)15-35/h5-8,11-12,25-27,29,40-41H,9-10,13-18,36H2,1-4H3,(H,37,44)(H,38,43)(H,39,47)(H,45,46)/t25-,26-,27+,29-/m0/s1. The molecular formula is C35H46N4O8S2. The Hall–Kier alpha value is -3.59. The Bertz CT molecular complexity index is 1550. The molecule has 2 aromatic rings. The van der Waals surface area contributed by atoms with Gasteiger partial charge >= 0.3 is 5.97 Å². The lowest BCUT2D eigenvalue weighted by atomic mass is 9.77. The zero-order chi connectivity index (χ0) is 36.1. The van der Waals surface area contributed by atoms with Crippen molar-refractivity contribution in [3.8, 4) is 5.75 Å². The summed E-state index contributed by atoms with van der Waals surface area (Å²) in [5.74, 6) is -2.11. The maximum atomic E-state index is 14.4. The number of phenolic OH excluding ortho intramolecular Hbond substituents is 1. The van der Waals surface area contributed by atoms with Crippen LogP contribution >= 0.6 is 23.5 Å². The number of aliphatic hydroxyl groups is 1. The highest BCUT2D eigenvalue weighted by Crippen LogP contribution is 2.42. The number of nitrogens with two attached hydrogens (primary N) is 1. The van der Waals surface area contributed by atoms with Gasteiger partial charge in [0.25, 0.3) is 0 Å². The number of thioether (sulfide) groups is 2. The van der Waals surface area contributed by atoms with Gasteiger partial charge in [0.2, 0.25) is 17.7 Å². The highest BCUT2D eigenvalue weighted by atomic mass is 32.2. The molecule has 4 atom stereocenters. The van der Waals surface area contributed by atoms with Gasteiger partial charge in [-0.2, -0.15) is 23.5 Å². The number of rotatable bonds is 8. The van der Waals surface area contributed by atoms with E-state index in [0.29, 0.717) is 11.5 Å². The van der Waals surface area contributed by atoms with Gasteiger partial charge in [-0.25, -0.2) is 4.79 Å². The van der Waals surface area contributed by atoms with Crippen LogP contribution in [0.15, 0.2) is 36.4 Å². The predicted octanol–water partition coefficient (Wildman–Crippen LogP) is 1.41. The molecule has 3 amide bonds. The van der Waals surface area contributed by atoms with Crippen molar-refractivity contribution in [2.75, 3.05) is 23.9 Å². The van der Waals surface area contributed by atoms with Gasteiger partial charge in [-0.3, -0.25) is 19.2 Å². The minimum Gasteiger partial charge on any atom is -0.508 e. The first-order valence-corrected chi connectivity index (χ1v) is 18.3. The summed E-state index contributed by atoms with van der Waals surface area (Å²) in [6.45, 7) is 6.40. The van der Waals surface area contributed by atoms with E-state index in [9.17, 15) is 39.3 Å². The summed E-state index contributed by atoms with van der Waals surface area (Å²) < 4.78 is -0.908. The topological polar surface area (TPSA) is 208 Å². The summed E-state index contributed by atoms with van der Waals surface area (Å²) >= 11 is 2.87. The lowest BCUT2D eigenvalue weighted by molar-refractivity contribution is -0.144. The molecule has 1 spiro atoms. The molecule has 0 radical (unpaired) electrons. The van der Waals surface area contributed by atoms with Crippen LogP contribution in [-0.2, 0) is 43.2 Å². The highest BCUT2D eigenvalue weighted by Gasteiger charge is 2.49. The van der Waals surface area contributed by atoms with Gasteiger partial charge in [0.1, 0.15) is 17.8 Å². The van der Waals surface area contributed by atoms with Crippen LogP contribution in [0, 0.1) is 19.3 Å². The minimum absolute atomic E-state index is 0.124. The van der Waals surface area contributed by atoms with E-state index in [1.807, 2.05) is 38.1 Å². The molecule has 0 aromatic heterocycles. The van der Waals surface area contributed by atoms with E-state index in [1.165, 1.54) is 23.5 Å². The summed E-state index contributed by atoms with van der Waals surface area (Å²) in [5.41, 5.74) is 9.30. The number of hydrogen-bond donors (Lipinski definition) is 7. The van der Waals surface area contributed by atoms with E-state index in [-0.39, 0.29) is 43.0 Å². The number of aliphatic carboxylic acids is 1. The monoisotopic (exact) mass is 714 g/mol. The lowest BCUT2D eigenvalue weighted by Gasteiger charge is -2.37. The molecule has 266 valence electrons. The van der Waals surface area contributed by atoms with Gasteiger partial charge in [-0.1, -0.05) is 24.3 Å². The van der Waals surface area contributed by atoms with E-state index in [1.54, 1.807) is 26.0 Å². The fourth-order valence-electron chi connectivity index (χ4n) is 6.54. The van der Waals surface area contributed by atoms with Crippen LogP contribution in [0.3, 0.4) is 0 Å². The Morgan fingerprint density at radius 3 is 2.22 bits per heavy atom. The third-order valence-electron chi connectivity index (χ3n) is 9.33. The fourth-order valence-corrected chi connectivity index (χ4v) is 8.88. The quantitative estimate of drug-likeness (QED) is 0.208. The molecule has 8 N–H and O–H groups in total. The summed E-state index contributed by atoms with van der Waals surface area (Å²) in [6.07, 6.45) is 0.433. The largest absolute Gasteiger partial charge is 0.508 e. The molecule has 1 saturated heterocycles. The number of phenols is 1. The maximum absolute atomic E-state index is 14.4. The van der Waals surface area contributed by atoms with Gasteiger partial charge in [0.15, 0.2) is 5.78 Å². The van der Waals surface area contributed by atoms with Crippen molar-refractivity contribution in [1.82, 2.24) is 16.0 Å². The maximum Gasteiger partial charge on any atom is 0.328 e. The number of amides is 3. The summed E-state index contributed by atoms with van der Waals surface area (Å²) in [4.78, 5) is 67.3. The molecule has 1 heterocycles. The van der Waals surface area contributed by atoms with E-state index < -0.39 is 64.6 Å². The molecule has 1 aliphatic carbocycles. The van der Waals surface area contributed by atoms with Crippen molar-refractivity contribution in [2.24, 2.45) is 11.1 Å². The number of carboxylic acids is 1. The first kappa shape index (κ1) is 38.2. The molecule has 0 unspecified atom stereocenters. The molecule has 0 saturated carbocycles. The molecule has 2 aliphatic rings. The predicted molar refractivity (Wildman–Crippen MR) is 190 cm³/mol. The average molecular weight is 715 g/mol. The van der Waals surface area contributed by atoms with Gasteiger partial charge in [-0.05, 0) is 86.9 Å². The molecular weight excluding hydrogens is 669 g/mol. The van der Waals surface area contributed by atoms with Gasteiger partial charge < -0.3 is 37.0 Å². The second-order valence-corrected chi connectivity index (χ2v) is 16.4. The number of Topliss-reactive ketones (excluding diaryl/α,β-unsaturated/α-hetero) is 1. The molecule has 2 aromatic carbocycles. The Labute approximate surface area is 294 Å². The third kappa shape index (κ3) is 9.15. The molecule has 1 aliphatic heterocycles. The smallest absolute Gasteiger partial charge is 0.328 e. The molecule has 12 nitrogen and oxygen atoms in total. The van der Waals surface area contributed by atoms with Crippen LogP contribution in [0.4, 0.5) is 0 Å². The number of carboxylic acid groups (broad SMARTS) is 1. The number of ketones is 1. The number of hydrogen-bond acceptors (Lipinski definition) is 10. The minimum atomic E-state index is -1.56. The Kier molecular flexibility index (Phi) is 12.4. The van der Waals surface area contributed by atoms with Crippen molar-refractivity contribution in [1.29, 1.82) is 0 Å². The second-order valence-electron chi connectivity index (χ2n) is 13.5. The van der Waals surface area contributed by atoms with Crippen LogP contribution < -0.4 is 21.7 Å². The van der Waals surface area contributed by atoms with Crippen molar-refractivity contribution in [2.45, 2.75) is 82.3 Å². The van der Waals surface area contributed by atoms with Crippen molar-refractivity contribution < 1.29 is 39.3 Å². The van der Waals surface area contributed by atoms with Gasteiger partial charge in [0.05, 0.1) is 24.1 Å². The van der Waals surface area contributed by atoms with Crippen LogP contribution in [0.25, 0.3) is 0 Å². The van der Waals surface area contributed by atoms with Crippen molar-refractivity contribution >= 4 is 53.0 Å². The third-order valence-corrected chi connectivity index (χ3v) is 12.0. The number of fused-ring (bicyclic) bond motifs is 1. The second kappa shape index (κ2) is 16.0. The van der Waals surface area contributed by atoms with Crippen LogP contribution in [-0.4, -0.2) is 97.6 Å². The van der Waals surface area contributed by atoms with Crippen LogP contribution in [0.5, 0.6) is 5.75 Å². The van der Waals surface area contributed by atoms with Gasteiger partial charge in [0, 0.05) is 28.4 Å². The Morgan fingerprint density at radius 1 is 1.04 bits per heavy atom. The highest BCUT2D eigenvalue weighted by molar-refractivity contribution is 8.03. The lowest BCUT2D eigenvalue weighted by Crippen LogP contribution is -2.62. The summed E-state index contributed by atoms with van der Waals surface area (Å²) in [5, 5.41) is 37.0. The summed E-state index contributed by atoms with van der Waals surface area (Å²) in [7, 11) is 0. The average Bonchev–Trinajstić information content (AvgIpc) is 3.41. The molecule has 49 heavy (non-hydrogen) atoms. The Morgan fingerprint density at radius 2 is 1.65 bits per heavy atom. The molecule has 0 bridgehead atoms. The van der Waals surface area contributed by atoms with Crippen molar-refractivity contribution in [3.05, 3.63) is 64.2 Å². The molecule has 14 heteroatoms. The number of aliphatic hydroxyl groups excluding tert-OH is 1. The van der Waals surface area contributed by atoms with E-state index in [2.05, 4.69) is 16.0 Å². The zero-order valence-corrected chi connectivity index (χ0v) is 29.8. The molecule has 1 fully saturated rings. The van der Waals surface area contributed by atoms with E-state index >= 15 is 0 Å². The van der Waals surface area contributed by atoms with Crippen LogP contribution in [0.1, 0.15) is 48.1 Å². The SMILES string of the molecule is Cc1cc(O)cc(C)c1C[C@H](N)C(=O)N[C@@H]1CSCCSC(C)(C)[C@H](C(=O)N[C@@H](CO)C(=O)O)NC(=O)C2(CC1=O)Cc1ccccc1C2. The number of nitrogens with one attached hydrogen (secondary N) is 3. The molecule has 4 rings (SSSR count). The number of aromatic hydroxyl groups is 1. The number of carbonyl (C=O) groups is 5. The first-order chi connectivity index (χ1) is 23.1. The van der Waals surface area contributed by atoms with E-state index in [4.69, 9.17) is 5.73 Å². The Balaban J connectivity index is 1.63. The first-order valence-electron chi connectivity index (χ1n) is 16.2. The van der Waals surface area contributed by atoms with E-state index in [0.717, 1.165) is 27.8 Å². The van der Waals surface area contributed by atoms with Crippen molar-refractivity contribution in [3.63, 3.8) is 0 Å². The fraction of sp³-hybridized carbons (Fsp3) is 0.514. The van der Waals surface area contributed by atoms with Gasteiger partial charge in [-0.15, -0.1) is 0 Å². The summed E-state index contributed by atoms with van der Waals surface area (Å²) in [6, 6.07) is 6.06. The van der Waals surface area contributed by atoms with Crippen LogP contribution in [0.2, 0.25) is 0 Å². The number of benzene rings is 2.